The molecule has 0 fully saturated rings. The third-order valence-corrected chi connectivity index (χ3v) is 8.67. The minimum absolute atomic E-state index is 0.0796. The van der Waals surface area contributed by atoms with Crippen LogP contribution in [-0.4, -0.2) is 52.4 Å². The van der Waals surface area contributed by atoms with E-state index in [1.54, 1.807) is 70.2 Å². The van der Waals surface area contributed by atoms with E-state index in [0.29, 0.717) is 33.8 Å². The van der Waals surface area contributed by atoms with Gasteiger partial charge >= 0.3 is 24.5 Å². The lowest BCUT2D eigenvalue weighted by Gasteiger charge is -2.15. The Labute approximate surface area is 353 Å². The van der Waals surface area contributed by atoms with Crippen LogP contribution in [0.25, 0.3) is 33.3 Å². The number of hydrogen-bond acceptors (Lipinski definition) is 7. The molecule has 3 aromatic carbocycles. The fourth-order valence-electron chi connectivity index (χ4n) is 5.22. The van der Waals surface area contributed by atoms with Crippen molar-refractivity contribution in [3.05, 3.63) is 92.7 Å². The summed E-state index contributed by atoms with van der Waals surface area (Å²) in [6.45, 7) is 10.9. The van der Waals surface area contributed by atoms with Crippen LogP contribution in [-0.2, 0) is 17.1 Å². The number of nitrogens with zero attached hydrogens (tertiary/aromatic N) is 6. The van der Waals surface area contributed by atoms with Crippen LogP contribution in [0, 0.1) is 0 Å². The predicted molar refractivity (Wildman–Crippen MR) is 215 cm³/mol. The van der Waals surface area contributed by atoms with Gasteiger partial charge in [0.2, 0.25) is 16.9 Å². The topological polar surface area (TPSA) is 137 Å². The van der Waals surface area contributed by atoms with Crippen LogP contribution in [0.15, 0.2) is 75.8 Å². The molecule has 0 amide bonds. The van der Waals surface area contributed by atoms with Gasteiger partial charge in [-0.05, 0) is 108 Å². The van der Waals surface area contributed by atoms with Gasteiger partial charge in [0.15, 0.2) is 0 Å². The number of aliphatic carboxylic acids is 1. The molecule has 59 heavy (non-hydrogen) atoms. The van der Waals surface area contributed by atoms with E-state index in [1.807, 2.05) is 18.2 Å². The molecule has 6 rings (SSSR count). The molecule has 0 aliphatic heterocycles. The number of nitrogen functional groups attached to an aromatic ring is 1. The summed E-state index contributed by atoms with van der Waals surface area (Å²) in [6, 6.07) is 16.9. The van der Waals surface area contributed by atoms with E-state index < -0.39 is 36.1 Å². The van der Waals surface area contributed by atoms with Gasteiger partial charge in [0.1, 0.15) is 0 Å². The summed E-state index contributed by atoms with van der Waals surface area (Å²) in [4.78, 5) is 24.2. The van der Waals surface area contributed by atoms with Crippen LogP contribution in [0.4, 0.5) is 50.9 Å². The lowest BCUT2D eigenvalue weighted by molar-refractivity contribution is -0.192. The van der Waals surface area contributed by atoms with Gasteiger partial charge in [-0.15, -0.1) is 0 Å². The van der Waals surface area contributed by atoms with Gasteiger partial charge in [0.25, 0.3) is 0 Å². The van der Waals surface area contributed by atoms with E-state index in [1.165, 1.54) is 15.3 Å². The SMILES string of the molecule is CC(C)Nc1cc(Br)ccc1N.CC(C)n1c(C(F)(F)F)nc2ccc(-c3ccnc(Cl)n3)cc21.CC(C)n1c(C(F)(F)F)nc2ccc(Br)cc21.O=C(O)C(F)(F)F. The summed E-state index contributed by atoms with van der Waals surface area (Å²) in [7, 11) is 0. The molecular weight excluding hydrogens is 955 g/mol. The van der Waals surface area contributed by atoms with Gasteiger partial charge < -0.3 is 25.3 Å². The Morgan fingerprint density at radius 3 is 1.63 bits per heavy atom. The average Bonchev–Trinajstić information content (AvgIpc) is 3.70. The van der Waals surface area contributed by atoms with Crippen molar-refractivity contribution >= 4 is 82.9 Å². The molecule has 0 saturated heterocycles. The van der Waals surface area contributed by atoms with Crippen LogP contribution < -0.4 is 11.1 Å². The van der Waals surface area contributed by atoms with E-state index in [2.05, 4.69) is 71.0 Å². The molecule has 6 aromatic rings. The molecule has 22 heteroatoms. The highest BCUT2D eigenvalue weighted by molar-refractivity contribution is 9.10. The molecule has 10 nitrogen and oxygen atoms in total. The second-order valence-electron chi connectivity index (χ2n) is 13.2. The maximum Gasteiger partial charge on any atom is 0.490 e. The summed E-state index contributed by atoms with van der Waals surface area (Å²) in [6.07, 6.45) is -12.5. The van der Waals surface area contributed by atoms with Crippen LogP contribution in [0.3, 0.4) is 0 Å². The standard InChI is InChI=1S/C15H12ClF3N4.C11H10BrF3N2.C9H13BrN2.C2HF3O2/c1-8(2)23-12-7-9(10-5-6-20-14(16)22-10)3-4-11(12)21-13(23)15(17,18)19;1-6(2)17-9-5-7(12)3-4-8(9)16-10(17)11(13,14)15;1-6(2)12-9-5-7(10)3-4-8(9)11;3-2(4,5)1(6)7/h3-8H,1-2H3;3-6H,1-2H3;3-6,12H,11H2,1-2H3;(H,6,7). The predicted octanol–water partition coefficient (Wildman–Crippen LogP) is 12.6. The van der Waals surface area contributed by atoms with Gasteiger partial charge in [0, 0.05) is 38.8 Å². The Hall–Kier alpha value is -4.63. The van der Waals surface area contributed by atoms with Crippen molar-refractivity contribution in [2.24, 2.45) is 0 Å². The zero-order valence-corrected chi connectivity index (χ0v) is 35.7. The summed E-state index contributed by atoms with van der Waals surface area (Å²) >= 11 is 12.4. The first-order chi connectivity index (χ1) is 27.1. The van der Waals surface area contributed by atoms with Gasteiger partial charge in [-0.1, -0.05) is 37.9 Å². The molecule has 0 saturated carbocycles. The molecule has 3 aromatic heterocycles. The fraction of sp³-hybridized carbons (Fsp3) is 0.324. The van der Waals surface area contributed by atoms with Gasteiger partial charge in [0.05, 0.1) is 39.1 Å². The smallest absolute Gasteiger partial charge is 0.475 e. The van der Waals surface area contributed by atoms with Gasteiger partial charge in [-0.25, -0.2) is 24.7 Å². The van der Waals surface area contributed by atoms with Crippen molar-refractivity contribution in [2.75, 3.05) is 11.1 Å². The third kappa shape index (κ3) is 13.4. The number of nitrogens with two attached hydrogens (primary N) is 1. The quantitative estimate of drug-likeness (QED) is 0.0882. The average molecular weight is 991 g/mol. The third-order valence-electron chi connectivity index (χ3n) is 7.50. The van der Waals surface area contributed by atoms with E-state index >= 15 is 0 Å². The second-order valence-corrected chi connectivity index (χ2v) is 15.3. The molecule has 3 heterocycles. The molecule has 0 atom stereocenters. The Balaban J connectivity index is 0.000000228. The molecule has 320 valence electrons. The van der Waals surface area contributed by atoms with E-state index in [0.717, 1.165) is 20.3 Å². The number of alkyl halides is 9. The zero-order valence-electron chi connectivity index (χ0n) is 31.7. The number of carboxylic acid groups (broad SMARTS) is 1. The summed E-state index contributed by atoms with van der Waals surface area (Å²) < 4.78 is 114. The molecule has 0 radical (unpaired) electrons. The van der Waals surface area contributed by atoms with Crippen molar-refractivity contribution in [2.45, 2.75) is 78.2 Å². The lowest BCUT2D eigenvalue weighted by Crippen LogP contribution is -2.21. The maximum absolute atomic E-state index is 13.2. The summed E-state index contributed by atoms with van der Waals surface area (Å²) in [5.41, 5.74) is 10.2. The van der Waals surface area contributed by atoms with Crippen molar-refractivity contribution in [3.8, 4) is 11.3 Å². The first-order valence-electron chi connectivity index (χ1n) is 17.1. The van der Waals surface area contributed by atoms with Crippen LogP contribution >= 0.6 is 43.5 Å². The number of fused-ring (bicyclic) bond motifs is 2. The normalized spacial score (nSPS) is 11.9. The molecule has 4 N–H and O–H groups in total. The number of carboxylic acids is 1. The maximum atomic E-state index is 13.2. The highest BCUT2D eigenvalue weighted by atomic mass is 79.9. The van der Waals surface area contributed by atoms with Gasteiger partial charge in [-0.2, -0.15) is 39.5 Å². The lowest BCUT2D eigenvalue weighted by atomic mass is 10.1. The number of rotatable bonds is 5. The molecular formula is C37H36Br2ClF9N8O2. The monoisotopic (exact) mass is 988 g/mol. The van der Waals surface area contributed by atoms with Crippen molar-refractivity contribution in [1.29, 1.82) is 0 Å². The fourth-order valence-corrected chi connectivity index (χ4v) is 6.08. The number of hydrogen-bond donors (Lipinski definition) is 3. The molecule has 0 unspecified atom stereocenters. The van der Waals surface area contributed by atoms with Crippen LogP contribution in [0.5, 0.6) is 0 Å². The first kappa shape index (κ1) is 48.7. The number of aromatic nitrogens is 6. The minimum atomic E-state index is -5.08. The molecule has 0 bridgehead atoms. The Bertz CT molecular complexity index is 2380. The highest BCUT2D eigenvalue weighted by Crippen LogP contribution is 2.36. The number of halogens is 12. The molecule has 0 spiro atoms. The summed E-state index contributed by atoms with van der Waals surface area (Å²) in [5.74, 6) is -4.51. The van der Waals surface area contributed by atoms with Crippen molar-refractivity contribution in [3.63, 3.8) is 0 Å². The molecule has 0 aliphatic rings. The highest BCUT2D eigenvalue weighted by Gasteiger charge is 2.40. The van der Waals surface area contributed by atoms with E-state index in [9.17, 15) is 39.5 Å². The van der Waals surface area contributed by atoms with Crippen LogP contribution in [0.1, 0.15) is 65.3 Å². The number of anilines is 2. The van der Waals surface area contributed by atoms with E-state index in [-0.39, 0.29) is 22.9 Å². The largest absolute Gasteiger partial charge is 0.490 e. The van der Waals surface area contributed by atoms with Gasteiger partial charge in [-0.3, -0.25) is 0 Å². The molecule has 0 aliphatic carbocycles. The number of benzene rings is 3. The van der Waals surface area contributed by atoms with E-state index in [4.69, 9.17) is 27.2 Å². The second kappa shape index (κ2) is 19.6. The minimum Gasteiger partial charge on any atom is -0.475 e. The Morgan fingerprint density at radius 1 is 0.729 bits per heavy atom. The van der Waals surface area contributed by atoms with Crippen molar-refractivity contribution in [1.82, 2.24) is 29.1 Å². The Morgan fingerprint density at radius 2 is 1.19 bits per heavy atom. The Kier molecular flexibility index (Phi) is 16.2. The number of carbonyl (C=O) groups is 1. The number of imidazole rings is 2. The van der Waals surface area contributed by atoms with Crippen molar-refractivity contribution < 1.29 is 49.4 Å². The summed E-state index contributed by atoms with van der Waals surface area (Å²) in [5, 5.41) is 10.5. The first-order valence-corrected chi connectivity index (χ1v) is 19.0. The van der Waals surface area contributed by atoms with Crippen LogP contribution in [0.2, 0.25) is 5.28 Å². The zero-order chi connectivity index (χ0) is 44.8. The number of nitrogens with one attached hydrogen (secondary N) is 1.